The third-order valence-electron chi connectivity index (χ3n) is 4.76. The van der Waals surface area contributed by atoms with E-state index in [0.717, 1.165) is 22.7 Å². The van der Waals surface area contributed by atoms with Crippen molar-refractivity contribution in [3.05, 3.63) is 52.2 Å². The molecule has 0 radical (unpaired) electrons. The molecule has 2 unspecified atom stereocenters. The SMILES string of the molecule is CNCCNC(=O)C1CCC(=O)N(c2ccc(C)cc2)C1c1cccs1. The van der Waals surface area contributed by atoms with E-state index in [2.05, 4.69) is 10.6 Å². The molecule has 0 saturated carbocycles. The Morgan fingerprint density at radius 2 is 2.00 bits per heavy atom. The molecule has 1 aromatic heterocycles. The second kappa shape index (κ2) is 8.47. The van der Waals surface area contributed by atoms with E-state index in [1.54, 1.807) is 11.3 Å². The van der Waals surface area contributed by atoms with Gasteiger partial charge in [-0.3, -0.25) is 9.59 Å². The van der Waals surface area contributed by atoms with Gasteiger partial charge in [0.1, 0.15) is 0 Å². The first-order chi connectivity index (χ1) is 12.6. The number of aryl methyl sites for hydroxylation is 1. The van der Waals surface area contributed by atoms with Crippen LogP contribution in [0.25, 0.3) is 0 Å². The van der Waals surface area contributed by atoms with Gasteiger partial charge in [-0.25, -0.2) is 0 Å². The van der Waals surface area contributed by atoms with Gasteiger partial charge in [-0.15, -0.1) is 11.3 Å². The molecule has 2 aromatic rings. The van der Waals surface area contributed by atoms with Crippen molar-refractivity contribution in [2.75, 3.05) is 25.0 Å². The van der Waals surface area contributed by atoms with E-state index in [0.29, 0.717) is 19.4 Å². The lowest BCUT2D eigenvalue weighted by atomic mass is 9.86. The molecule has 5 nitrogen and oxygen atoms in total. The number of benzene rings is 1. The minimum Gasteiger partial charge on any atom is -0.355 e. The van der Waals surface area contributed by atoms with E-state index in [4.69, 9.17) is 0 Å². The molecule has 2 N–H and O–H groups in total. The van der Waals surface area contributed by atoms with Crippen molar-refractivity contribution < 1.29 is 9.59 Å². The first-order valence-electron chi connectivity index (χ1n) is 8.96. The van der Waals surface area contributed by atoms with E-state index in [1.165, 1.54) is 0 Å². The highest BCUT2D eigenvalue weighted by molar-refractivity contribution is 7.10. The fraction of sp³-hybridized carbons (Fsp3) is 0.400. The Balaban J connectivity index is 1.93. The van der Waals surface area contributed by atoms with Crippen LogP contribution in [-0.4, -0.2) is 32.0 Å². The van der Waals surface area contributed by atoms with Gasteiger partial charge in [-0.05, 0) is 44.0 Å². The van der Waals surface area contributed by atoms with Crippen molar-refractivity contribution in [2.24, 2.45) is 5.92 Å². The largest absolute Gasteiger partial charge is 0.355 e. The minimum absolute atomic E-state index is 0.0169. The molecule has 1 aliphatic heterocycles. The summed E-state index contributed by atoms with van der Waals surface area (Å²) in [6.45, 7) is 3.33. The Morgan fingerprint density at radius 3 is 2.65 bits per heavy atom. The molecule has 2 amide bonds. The van der Waals surface area contributed by atoms with Gasteiger partial charge in [0.05, 0.1) is 12.0 Å². The van der Waals surface area contributed by atoms with Crippen LogP contribution in [0.3, 0.4) is 0 Å². The van der Waals surface area contributed by atoms with Crippen LogP contribution in [0, 0.1) is 12.8 Å². The standard InChI is InChI=1S/C20H25N3O2S/c1-14-5-7-15(8-6-14)23-18(24)10-9-16(20(25)22-12-11-21-2)19(23)17-4-3-13-26-17/h3-8,13,16,19,21H,9-12H2,1-2H3,(H,22,25). The van der Waals surface area contributed by atoms with Gasteiger partial charge >= 0.3 is 0 Å². The summed E-state index contributed by atoms with van der Waals surface area (Å²) in [4.78, 5) is 28.5. The summed E-state index contributed by atoms with van der Waals surface area (Å²) in [7, 11) is 1.86. The number of nitrogens with one attached hydrogen (secondary N) is 2. The van der Waals surface area contributed by atoms with Crippen LogP contribution in [0.1, 0.15) is 29.3 Å². The molecule has 2 atom stereocenters. The van der Waals surface area contributed by atoms with E-state index < -0.39 is 0 Å². The molecule has 26 heavy (non-hydrogen) atoms. The third kappa shape index (κ3) is 3.97. The molecular weight excluding hydrogens is 346 g/mol. The van der Waals surface area contributed by atoms with Crippen LogP contribution in [-0.2, 0) is 9.59 Å². The number of rotatable bonds is 6. The Kier molecular flexibility index (Phi) is 6.06. The van der Waals surface area contributed by atoms with E-state index in [9.17, 15) is 9.59 Å². The van der Waals surface area contributed by atoms with Gasteiger partial charge in [0.25, 0.3) is 0 Å². The van der Waals surface area contributed by atoms with Crippen molar-refractivity contribution in [1.82, 2.24) is 10.6 Å². The Morgan fingerprint density at radius 1 is 1.23 bits per heavy atom. The Hall–Kier alpha value is -2.18. The molecule has 138 valence electrons. The Labute approximate surface area is 158 Å². The van der Waals surface area contributed by atoms with Crippen molar-refractivity contribution in [1.29, 1.82) is 0 Å². The number of thiophene rings is 1. The van der Waals surface area contributed by atoms with Crippen LogP contribution in [0.4, 0.5) is 5.69 Å². The molecular formula is C20H25N3O2S. The highest BCUT2D eigenvalue weighted by atomic mass is 32.1. The van der Waals surface area contributed by atoms with Crippen molar-refractivity contribution in [3.8, 4) is 0 Å². The topological polar surface area (TPSA) is 61.4 Å². The quantitative estimate of drug-likeness (QED) is 0.768. The molecule has 2 heterocycles. The second-order valence-electron chi connectivity index (χ2n) is 6.60. The zero-order valence-electron chi connectivity index (χ0n) is 15.2. The predicted molar refractivity (Wildman–Crippen MR) is 105 cm³/mol. The van der Waals surface area contributed by atoms with E-state index in [1.807, 2.05) is 60.6 Å². The molecule has 1 saturated heterocycles. The third-order valence-corrected chi connectivity index (χ3v) is 5.70. The van der Waals surface area contributed by atoms with Gasteiger partial charge in [-0.2, -0.15) is 0 Å². The first kappa shape index (κ1) is 18.6. The number of carbonyl (C=O) groups is 2. The lowest BCUT2D eigenvalue weighted by Crippen LogP contribution is -2.48. The summed E-state index contributed by atoms with van der Waals surface area (Å²) >= 11 is 1.60. The van der Waals surface area contributed by atoms with Gasteiger partial charge in [0.2, 0.25) is 11.8 Å². The van der Waals surface area contributed by atoms with Gasteiger partial charge in [0.15, 0.2) is 0 Å². The number of hydrogen-bond donors (Lipinski definition) is 2. The normalized spacial score (nSPS) is 20.2. The van der Waals surface area contributed by atoms with Crippen LogP contribution in [0.15, 0.2) is 41.8 Å². The molecule has 0 aliphatic carbocycles. The maximum Gasteiger partial charge on any atom is 0.227 e. The average molecular weight is 372 g/mol. The molecule has 0 spiro atoms. The zero-order chi connectivity index (χ0) is 18.5. The maximum atomic E-state index is 12.8. The number of hydrogen-bond acceptors (Lipinski definition) is 4. The molecule has 1 fully saturated rings. The zero-order valence-corrected chi connectivity index (χ0v) is 16.0. The number of nitrogens with zero attached hydrogens (tertiary/aromatic N) is 1. The highest BCUT2D eigenvalue weighted by Crippen LogP contribution is 2.41. The summed E-state index contributed by atoms with van der Waals surface area (Å²) in [6, 6.07) is 11.7. The predicted octanol–water partition coefficient (Wildman–Crippen LogP) is 2.88. The molecule has 1 aliphatic rings. The van der Waals surface area contributed by atoms with Gasteiger partial charge < -0.3 is 15.5 Å². The van der Waals surface area contributed by atoms with Crippen molar-refractivity contribution in [3.63, 3.8) is 0 Å². The number of piperidine rings is 1. The fourth-order valence-corrected chi connectivity index (χ4v) is 4.28. The van der Waals surface area contributed by atoms with Crippen molar-refractivity contribution in [2.45, 2.75) is 25.8 Å². The van der Waals surface area contributed by atoms with Gasteiger partial charge in [-0.1, -0.05) is 23.8 Å². The van der Waals surface area contributed by atoms with E-state index in [-0.39, 0.29) is 23.8 Å². The number of anilines is 1. The molecule has 1 aromatic carbocycles. The monoisotopic (exact) mass is 371 g/mol. The number of likely N-dealkylation sites (N-methyl/N-ethyl adjacent to an activating group) is 1. The fourth-order valence-electron chi connectivity index (χ4n) is 3.40. The summed E-state index contributed by atoms with van der Waals surface area (Å²) in [5.74, 6) is -0.153. The van der Waals surface area contributed by atoms with Crippen molar-refractivity contribution >= 4 is 28.8 Å². The summed E-state index contributed by atoms with van der Waals surface area (Å²) < 4.78 is 0. The summed E-state index contributed by atoms with van der Waals surface area (Å²) in [6.07, 6.45) is 0.967. The number of amides is 2. The minimum atomic E-state index is -0.256. The maximum absolute atomic E-state index is 12.8. The van der Waals surface area contributed by atoms with Crippen LogP contribution < -0.4 is 15.5 Å². The average Bonchev–Trinajstić information content (AvgIpc) is 3.17. The Bertz CT molecular complexity index is 743. The smallest absolute Gasteiger partial charge is 0.227 e. The molecule has 3 rings (SSSR count). The highest BCUT2D eigenvalue weighted by Gasteiger charge is 2.41. The van der Waals surface area contributed by atoms with Crippen LogP contribution >= 0.6 is 11.3 Å². The molecule has 0 bridgehead atoms. The van der Waals surface area contributed by atoms with Gasteiger partial charge in [0, 0.05) is 30.1 Å². The summed E-state index contributed by atoms with van der Waals surface area (Å²) in [5.41, 5.74) is 2.00. The molecule has 6 heteroatoms. The van der Waals surface area contributed by atoms with E-state index >= 15 is 0 Å². The lowest BCUT2D eigenvalue weighted by Gasteiger charge is -2.40. The number of carbonyl (C=O) groups excluding carboxylic acids is 2. The summed E-state index contributed by atoms with van der Waals surface area (Å²) in [5, 5.41) is 8.04. The van der Waals surface area contributed by atoms with Crippen LogP contribution in [0.2, 0.25) is 0 Å². The second-order valence-corrected chi connectivity index (χ2v) is 7.58. The lowest BCUT2D eigenvalue weighted by molar-refractivity contribution is -0.129. The van der Waals surface area contributed by atoms with Crippen LogP contribution in [0.5, 0.6) is 0 Å². The first-order valence-corrected chi connectivity index (χ1v) is 9.84.